The maximum absolute atomic E-state index is 13.0. The summed E-state index contributed by atoms with van der Waals surface area (Å²) in [5.74, 6) is 4.96. The molecule has 18 heavy (non-hydrogen) atoms. The molecule has 0 saturated heterocycles. The van der Waals surface area contributed by atoms with Crippen molar-refractivity contribution in [2.45, 2.75) is 12.5 Å². The number of ether oxygens (including phenoxy) is 1. The zero-order chi connectivity index (χ0) is 12.8. The van der Waals surface area contributed by atoms with Crippen molar-refractivity contribution < 1.29 is 9.13 Å². The van der Waals surface area contributed by atoms with Crippen LogP contribution in [0.2, 0.25) is 0 Å². The number of rotatable bonds is 6. The van der Waals surface area contributed by atoms with Gasteiger partial charge in [0.25, 0.3) is 0 Å². The lowest BCUT2D eigenvalue weighted by Gasteiger charge is -2.11. The maximum Gasteiger partial charge on any atom is 0.123 e. The highest BCUT2D eigenvalue weighted by atomic mass is 32.2. The molecule has 1 unspecified atom stereocenters. The second-order valence-electron chi connectivity index (χ2n) is 4.16. The Morgan fingerprint density at radius 3 is 3.28 bits per heavy atom. The molecule has 1 atom stereocenters. The van der Waals surface area contributed by atoms with Gasteiger partial charge in [0.1, 0.15) is 17.7 Å². The smallest absolute Gasteiger partial charge is 0.123 e. The molecule has 2 nitrogen and oxygen atoms in total. The second-order valence-corrected chi connectivity index (χ2v) is 5.26. The molecule has 1 aromatic rings. The Morgan fingerprint density at radius 2 is 2.44 bits per heavy atom. The maximum atomic E-state index is 13.0. The first kappa shape index (κ1) is 13.3. The molecule has 1 N–H and O–H groups in total. The first-order valence-electron chi connectivity index (χ1n) is 5.96. The van der Waals surface area contributed by atoms with Crippen LogP contribution in [0.3, 0.4) is 0 Å². The Balaban J connectivity index is 1.67. The fourth-order valence-electron chi connectivity index (χ4n) is 1.94. The van der Waals surface area contributed by atoms with Crippen molar-refractivity contribution in [3.8, 4) is 18.1 Å². The number of fused-ring (bicyclic) bond motifs is 1. The number of benzene rings is 1. The van der Waals surface area contributed by atoms with Gasteiger partial charge < -0.3 is 10.1 Å². The average Bonchev–Trinajstić information content (AvgIpc) is 2.75. The summed E-state index contributed by atoms with van der Waals surface area (Å²) in [4.78, 5) is 0. The Kier molecular flexibility index (Phi) is 4.91. The molecule has 1 aromatic carbocycles. The predicted octanol–water partition coefficient (Wildman–Crippen LogP) is 2.09. The van der Waals surface area contributed by atoms with Crippen molar-refractivity contribution in [2.24, 2.45) is 0 Å². The Bertz CT molecular complexity index is 444. The zero-order valence-electron chi connectivity index (χ0n) is 10.1. The molecular formula is C14H16FNOS. The molecule has 1 heterocycles. The molecule has 0 radical (unpaired) electrons. The standard InChI is InChI=1S/C14H16FNOS/c1-2-6-18-7-5-16-10-13-9-11-8-12(15)3-4-14(11)17-13/h1,3-4,8,13,16H,5-7,9-10H2. The molecule has 0 aromatic heterocycles. The SMILES string of the molecule is C#CCSCCNCC1Cc2cc(F)ccc2O1. The lowest BCUT2D eigenvalue weighted by molar-refractivity contribution is 0.229. The summed E-state index contributed by atoms with van der Waals surface area (Å²) < 4.78 is 18.7. The first-order chi connectivity index (χ1) is 8.79. The summed E-state index contributed by atoms with van der Waals surface area (Å²) in [6, 6.07) is 4.69. The molecule has 0 saturated carbocycles. The molecule has 1 aliphatic rings. The van der Waals surface area contributed by atoms with E-state index in [-0.39, 0.29) is 11.9 Å². The van der Waals surface area contributed by atoms with E-state index in [4.69, 9.17) is 11.2 Å². The Labute approximate surface area is 111 Å². The average molecular weight is 265 g/mol. The van der Waals surface area contributed by atoms with E-state index in [0.717, 1.165) is 42.3 Å². The minimum absolute atomic E-state index is 0.111. The third kappa shape index (κ3) is 3.66. The van der Waals surface area contributed by atoms with Gasteiger partial charge in [-0.05, 0) is 18.2 Å². The minimum atomic E-state index is -0.198. The van der Waals surface area contributed by atoms with Gasteiger partial charge in [-0.1, -0.05) is 5.92 Å². The van der Waals surface area contributed by atoms with Gasteiger partial charge in [0, 0.05) is 30.8 Å². The molecule has 0 bridgehead atoms. The van der Waals surface area contributed by atoms with Crippen LogP contribution in [0.1, 0.15) is 5.56 Å². The van der Waals surface area contributed by atoms with Crippen LogP contribution in [0.25, 0.3) is 0 Å². The normalized spacial score (nSPS) is 17.0. The topological polar surface area (TPSA) is 21.3 Å². The molecule has 1 aliphatic heterocycles. The van der Waals surface area contributed by atoms with Crippen LogP contribution in [0.4, 0.5) is 4.39 Å². The third-order valence-corrected chi connectivity index (χ3v) is 3.61. The number of hydrogen-bond donors (Lipinski definition) is 1. The van der Waals surface area contributed by atoms with Gasteiger partial charge >= 0.3 is 0 Å². The molecule has 0 amide bonds. The fourth-order valence-corrected chi connectivity index (χ4v) is 2.49. The summed E-state index contributed by atoms with van der Waals surface area (Å²) in [5.41, 5.74) is 0.962. The fraction of sp³-hybridized carbons (Fsp3) is 0.429. The van der Waals surface area contributed by atoms with E-state index in [1.165, 1.54) is 6.07 Å². The van der Waals surface area contributed by atoms with Crippen molar-refractivity contribution in [3.05, 3.63) is 29.6 Å². The van der Waals surface area contributed by atoms with Gasteiger partial charge in [-0.2, -0.15) is 0 Å². The zero-order valence-corrected chi connectivity index (χ0v) is 10.9. The third-order valence-electron chi connectivity index (χ3n) is 2.74. The van der Waals surface area contributed by atoms with Gasteiger partial charge in [0.15, 0.2) is 0 Å². The van der Waals surface area contributed by atoms with Crippen LogP contribution in [0, 0.1) is 18.2 Å². The highest BCUT2D eigenvalue weighted by molar-refractivity contribution is 7.99. The number of thioether (sulfide) groups is 1. The molecule has 4 heteroatoms. The van der Waals surface area contributed by atoms with Crippen molar-refractivity contribution in [2.75, 3.05) is 24.6 Å². The first-order valence-corrected chi connectivity index (χ1v) is 7.12. The van der Waals surface area contributed by atoms with Crippen LogP contribution in [0.5, 0.6) is 5.75 Å². The van der Waals surface area contributed by atoms with E-state index in [1.807, 2.05) is 0 Å². The van der Waals surface area contributed by atoms with E-state index >= 15 is 0 Å². The van der Waals surface area contributed by atoms with Crippen LogP contribution < -0.4 is 10.1 Å². The molecule has 0 spiro atoms. The van der Waals surface area contributed by atoms with Crippen molar-refractivity contribution in [1.29, 1.82) is 0 Å². The van der Waals surface area contributed by atoms with E-state index in [9.17, 15) is 4.39 Å². The largest absolute Gasteiger partial charge is 0.488 e. The number of halogens is 1. The molecule has 0 aliphatic carbocycles. The van der Waals surface area contributed by atoms with E-state index < -0.39 is 0 Å². The van der Waals surface area contributed by atoms with Crippen molar-refractivity contribution >= 4 is 11.8 Å². The Morgan fingerprint density at radius 1 is 1.56 bits per heavy atom. The molecule has 96 valence electrons. The van der Waals surface area contributed by atoms with E-state index in [1.54, 1.807) is 23.9 Å². The van der Waals surface area contributed by atoms with Crippen LogP contribution >= 0.6 is 11.8 Å². The van der Waals surface area contributed by atoms with Crippen LogP contribution in [0.15, 0.2) is 18.2 Å². The van der Waals surface area contributed by atoms with E-state index in [2.05, 4.69) is 11.2 Å². The lowest BCUT2D eigenvalue weighted by atomic mass is 10.1. The highest BCUT2D eigenvalue weighted by Gasteiger charge is 2.22. The van der Waals surface area contributed by atoms with Gasteiger partial charge in [0.05, 0.1) is 5.75 Å². The summed E-state index contributed by atoms with van der Waals surface area (Å²) in [7, 11) is 0. The molecule has 2 rings (SSSR count). The predicted molar refractivity (Wildman–Crippen MR) is 73.5 cm³/mol. The quantitative estimate of drug-likeness (QED) is 0.628. The summed E-state index contributed by atoms with van der Waals surface area (Å²) >= 11 is 1.74. The van der Waals surface area contributed by atoms with Crippen molar-refractivity contribution in [3.63, 3.8) is 0 Å². The second kappa shape index (κ2) is 6.67. The minimum Gasteiger partial charge on any atom is -0.488 e. The van der Waals surface area contributed by atoms with Crippen LogP contribution in [-0.4, -0.2) is 30.7 Å². The molecular weight excluding hydrogens is 249 g/mol. The summed E-state index contributed by atoms with van der Waals surface area (Å²) in [6.07, 6.45) is 6.05. The number of hydrogen-bond acceptors (Lipinski definition) is 3. The lowest BCUT2D eigenvalue weighted by Crippen LogP contribution is -2.31. The van der Waals surface area contributed by atoms with Gasteiger partial charge in [-0.25, -0.2) is 4.39 Å². The summed E-state index contributed by atoms with van der Waals surface area (Å²) in [5, 5.41) is 3.33. The van der Waals surface area contributed by atoms with Gasteiger partial charge in [-0.3, -0.25) is 0 Å². The van der Waals surface area contributed by atoms with Gasteiger partial charge in [0.2, 0.25) is 0 Å². The number of nitrogens with one attached hydrogen (secondary N) is 1. The van der Waals surface area contributed by atoms with Gasteiger partial charge in [-0.15, -0.1) is 18.2 Å². The molecule has 0 fully saturated rings. The monoisotopic (exact) mass is 265 g/mol. The number of terminal acetylenes is 1. The van der Waals surface area contributed by atoms with Crippen molar-refractivity contribution in [1.82, 2.24) is 5.32 Å². The Hall–Kier alpha value is -1.18. The van der Waals surface area contributed by atoms with E-state index in [0.29, 0.717) is 0 Å². The highest BCUT2D eigenvalue weighted by Crippen LogP contribution is 2.28. The van der Waals surface area contributed by atoms with Crippen LogP contribution in [-0.2, 0) is 6.42 Å². The summed E-state index contributed by atoms with van der Waals surface area (Å²) in [6.45, 7) is 1.70.